The Hall–Kier alpha value is -2.83. The van der Waals surface area contributed by atoms with E-state index in [0.717, 1.165) is 11.3 Å². The van der Waals surface area contributed by atoms with Gasteiger partial charge in [0.1, 0.15) is 11.5 Å². The molecule has 1 aromatic heterocycles. The van der Waals surface area contributed by atoms with Gasteiger partial charge in [0.25, 0.3) is 0 Å². The normalized spacial score (nSPS) is 11.8. The van der Waals surface area contributed by atoms with Gasteiger partial charge < -0.3 is 19.7 Å². The van der Waals surface area contributed by atoms with Gasteiger partial charge in [0, 0.05) is 12.0 Å². The zero-order valence-corrected chi connectivity index (χ0v) is 14.0. The van der Waals surface area contributed by atoms with Crippen molar-refractivity contribution in [2.75, 3.05) is 12.4 Å². The van der Waals surface area contributed by atoms with Crippen molar-refractivity contribution in [3.8, 4) is 5.75 Å². The van der Waals surface area contributed by atoms with E-state index in [0.29, 0.717) is 11.5 Å². The lowest BCUT2D eigenvalue weighted by molar-refractivity contribution is -0.116. The van der Waals surface area contributed by atoms with Crippen molar-refractivity contribution >= 4 is 17.6 Å². The average molecular weight is 332 g/mol. The van der Waals surface area contributed by atoms with E-state index < -0.39 is 5.97 Å². The number of amides is 1. The molecule has 0 spiro atoms. The Morgan fingerprint density at radius 3 is 2.62 bits per heavy atom. The van der Waals surface area contributed by atoms with E-state index in [2.05, 4.69) is 10.5 Å². The van der Waals surface area contributed by atoms with Gasteiger partial charge in [-0.25, -0.2) is 4.79 Å². The zero-order valence-electron chi connectivity index (χ0n) is 14.0. The number of nitrogens with zero attached hydrogens (tertiary/aromatic N) is 1. The van der Waals surface area contributed by atoms with Gasteiger partial charge in [-0.3, -0.25) is 4.79 Å². The molecule has 0 fully saturated rings. The number of aromatic nitrogens is 1. The molecule has 1 amide bonds. The summed E-state index contributed by atoms with van der Waals surface area (Å²) in [5.41, 5.74) is 1.87. The Bertz CT molecular complexity index is 747. The maximum atomic E-state index is 12.3. The highest BCUT2D eigenvalue weighted by molar-refractivity contribution is 6.01. The molecule has 2 aromatic rings. The van der Waals surface area contributed by atoms with Crippen molar-refractivity contribution in [3.63, 3.8) is 0 Å². The topological polar surface area (TPSA) is 102 Å². The van der Waals surface area contributed by atoms with Crippen molar-refractivity contribution < 1.29 is 24.0 Å². The average Bonchev–Trinajstić information content (AvgIpc) is 2.86. The number of rotatable bonds is 6. The molecule has 1 unspecified atom stereocenters. The molecule has 0 saturated carbocycles. The fraction of sp³-hybridized carbons (Fsp3) is 0.353. The molecule has 2 rings (SSSR count). The molecule has 0 aliphatic carbocycles. The largest absolute Gasteiger partial charge is 0.497 e. The standard InChI is InChI=1S/C17H20N2O5/c1-9(16-10(2)19-24-11(16)3)7-15(20)18-14-6-5-12(23-4)8-13(14)17(21)22/h5-6,8-9H,7H2,1-4H3,(H,18,20)(H,21,22). The molecule has 0 bridgehead atoms. The van der Waals surface area contributed by atoms with Gasteiger partial charge in [-0.05, 0) is 38.0 Å². The third-order valence-electron chi connectivity index (χ3n) is 3.80. The molecule has 0 saturated heterocycles. The summed E-state index contributed by atoms with van der Waals surface area (Å²) in [6, 6.07) is 4.48. The SMILES string of the molecule is COc1ccc(NC(=O)CC(C)c2c(C)noc2C)c(C(=O)O)c1. The van der Waals surface area contributed by atoms with Gasteiger partial charge in [0.2, 0.25) is 5.91 Å². The molecule has 7 nitrogen and oxygen atoms in total. The molecule has 0 aliphatic rings. The number of aryl methyl sites for hydroxylation is 2. The predicted molar refractivity (Wildman–Crippen MR) is 87.6 cm³/mol. The number of anilines is 1. The van der Waals surface area contributed by atoms with Crippen LogP contribution in [0.25, 0.3) is 0 Å². The van der Waals surface area contributed by atoms with Crippen LogP contribution in [0.15, 0.2) is 22.7 Å². The minimum atomic E-state index is -1.14. The number of methoxy groups -OCH3 is 1. The summed E-state index contributed by atoms with van der Waals surface area (Å²) < 4.78 is 10.1. The van der Waals surface area contributed by atoms with E-state index in [9.17, 15) is 14.7 Å². The first-order chi connectivity index (χ1) is 11.3. The summed E-state index contributed by atoms with van der Waals surface area (Å²) in [4.78, 5) is 23.6. The number of hydrogen-bond acceptors (Lipinski definition) is 5. The van der Waals surface area contributed by atoms with Crippen LogP contribution in [0.1, 0.15) is 46.6 Å². The maximum absolute atomic E-state index is 12.3. The Morgan fingerprint density at radius 1 is 1.38 bits per heavy atom. The van der Waals surface area contributed by atoms with Crippen molar-refractivity contribution in [2.24, 2.45) is 0 Å². The van der Waals surface area contributed by atoms with Crippen LogP contribution in [-0.4, -0.2) is 29.2 Å². The molecule has 0 radical (unpaired) electrons. The summed E-state index contributed by atoms with van der Waals surface area (Å²) in [5, 5.41) is 15.8. The Kier molecular flexibility index (Phi) is 5.23. The summed E-state index contributed by atoms with van der Waals surface area (Å²) in [5.74, 6) is -0.418. The third kappa shape index (κ3) is 3.73. The van der Waals surface area contributed by atoms with Crippen molar-refractivity contribution in [1.82, 2.24) is 5.16 Å². The monoisotopic (exact) mass is 332 g/mol. The van der Waals surface area contributed by atoms with Gasteiger partial charge >= 0.3 is 5.97 Å². The number of benzene rings is 1. The van der Waals surface area contributed by atoms with Crippen LogP contribution in [0, 0.1) is 13.8 Å². The summed E-state index contributed by atoms with van der Waals surface area (Å²) >= 11 is 0. The maximum Gasteiger partial charge on any atom is 0.337 e. The minimum absolute atomic E-state index is 0.0207. The van der Waals surface area contributed by atoms with Crippen LogP contribution in [0.4, 0.5) is 5.69 Å². The van der Waals surface area contributed by atoms with Crippen LogP contribution in [-0.2, 0) is 4.79 Å². The molecule has 128 valence electrons. The van der Waals surface area contributed by atoms with Crippen molar-refractivity contribution in [2.45, 2.75) is 33.1 Å². The fourth-order valence-corrected chi connectivity index (χ4v) is 2.71. The van der Waals surface area contributed by atoms with Crippen LogP contribution < -0.4 is 10.1 Å². The Labute approximate surface area is 139 Å². The number of carboxylic acid groups (broad SMARTS) is 1. The van der Waals surface area contributed by atoms with E-state index in [1.54, 1.807) is 13.0 Å². The first-order valence-corrected chi connectivity index (χ1v) is 7.47. The molecule has 1 aromatic carbocycles. The second kappa shape index (κ2) is 7.16. The molecule has 0 aliphatic heterocycles. The zero-order chi connectivity index (χ0) is 17.9. The lowest BCUT2D eigenvalue weighted by atomic mass is 9.96. The van der Waals surface area contributed by atoms with Gasteiger partial charge in [-0.1, -0.05) is 12.1 Å². The first kappa shape index (κ1) is 17.5. The van der Waals surface area contributed by atoms with E-state index in [1.165, 1.54) is 19.2 Å². The fourth-order valence-electron chi connectivity index (χ4n) is 2.71. The number of ether oxygens (including phenoxy) is 1. The summed E-state index contributed by atoms with van der Waals surface area (Å²) in [7, 11) is 1.45. The van der Waals surface area contributed by atoms with Crippen LogP contribution >= 0.6 is 0 Å². The second-order valence-electron chi connectivity index (χ2n) is 5.61. The molecule has 2 N–H and O–H groups in total. The summed E-state index contributed by atoms with van der Waals surface area (Å²) in [6.07, 6.45) is 0.188. The second-order valence-corrected chi connectivity index (χ2v) is 5.61. The molecule has 1 atom stereocenters. The molecule has 7 heteroatoms. The number of hydrogen-bond donors (Lipinski definition) is 2. The van der Waals surface area contributed by atoms with Crippen LogP contribution in [0.5, 0.6) is 5.75 Å². The number of aromatic carboxylic acids is 1. The molecular weight excluding hydrogens is 312 g/mol. The van der Waals surface area contributed by atoms with E-state index in [4.69, 9.17) is 9.26 Å². The van der Waals surface area contributed by atoms with E-state index >= 15 is 0 Å². The minimum Gasteiger partial charge on any atom is -0.497 e. The highest BCUT2D eigenvalue weighted by Crippen LogP contribution is 2.27. The predicted octanol–water partition coefficient (Wildman–Crippen LogP) is 3.13. The molecular formula is C17H20N2O5. The van der Waals surface area contributed by atoms with E-state index in [1.807, 2.05) is 13.8 Å². The Balaban J connectivity index is 2.14. The van der Waals surface area contributed by atoms with Crippen LogP contribution in [0.3, 0.4) is 0 Å². The molecule has 24 heavy (non-hydrogen) atoms. The molecule has 1 heterocycles. The van der Waals surface area contributed by atoms with Gasteiger partial charge in [0.15, 0.2) is 0 Å². The lowest BCUT2D eigenvalue weighted by Gasteiger charge is -2.13. The first-order valence-electron chi connectivity index (χ1n) is 7.47. The lowest BCUT2D eigenvalue weighted by Crippen LogP contribution is -2.17. The number of carboxylic acids is 1. The summed E-state index contributed by atoms with van der Waals surface area (Å²) in [6.45, 7) is 5.53. The highest BCUT2D eigenvalue weighted by Gasteiger charge is 2.20. The smallest absolute Gasteiger partial charge is 0.337 e. The van der Waals surface area contributed by atoms with Crippen LogP contribution in [0.2, 0.25) is 0 Å². The quantitative estimate of drug-likeness (QED) is 0.842. The number of nitrogens with one attached hydrogen (secondary N) is 1. The van der Waals surface area contributed by atoms with Gasteiger partial charge in [-0.15, -0.1) is 0 Å². The van der Waals surface area contributed by atoms with E-state index in [-0.39, 0.29) is 29.5 Å². The van der Waals surface area contributed by atoms with Gasteiger partial charge in [-0.2, -0.15) is 0 Å². The number of carbonyl (C=O) groups excluding carboxylic acids is 1. The van der Waals surface area contributed by atoms with Crippen molar-refractivity contribution in [3.05, 3.63) is 40.8 Å². The third-order valence-corrected chi connectivity index (χ3v) is 3.80. The van der Waals surface area contributed by atoms with Crippen molar-refractivity contribution in [1.29, 1.82) is 0 Å². The van der Waals surface area contributed by atoms with Gasteiger partial charge in [0.05, 0.1) is 24.1 Å². The highest BCUT2D eigenvalue weighted by atomic mass is 16.5. The number of carbonyl (C=O) groups is 2. The Morgan fingerprint density at radius 2 is 2.08 bits per heavy atom.